The Labute approximate surface area is 131 Å². The molecule has 0 N–H and O–H groups in total. The predicted molar refractivity (Wildman–Crippen MR) is 85.8 cm³/mol. The van der Waals surface area contributed by atoms with E-state index in [1.165, 1.54) is 11.3 Å². The molecule has 0 saturated carbocycles. The molecule has 0 atom stereocenters. The van der Waals surface area contributed by atoms with Crippen LogP contribution in [0, 0.1) is 0 Å². The molecule has 1 aromatic rings. The van der Waals surface area contributed by atoms with Crippen molar-refractivity contribution in [3.63, 3.8) is 0 Å². The molecule has 3 rings (SSSR count). The van der Waals surface area contributed by atoms with E-state index >= 15 is 0 Å². The molecular formula is C17H23N3O2. The number of amides is 2. The molecule has 1 fully saturated rings. The van der Waals surface area contributed by atoms with E-state index in [1.54, 1.807) is 11.8 Å². The van der Waals surface area contributed by atoms with Crippen molar-refractivity contribution in [3.8, 4) is 0 Å². The number of carbonyl (C=O) groups is 2. The van der Waals surface area contributed by atoms with Gasteiger partial charge in [-0.05, 0) is 24.5 Å². The van der Waals surface area contributed by atoms with Gasteiger partial charge in [-0.25, -0.2) is 0 Å². The van der Waals surface area contributed by atoms with Gasteiger partial charge in [0.15, 0.2) is 0 Å². The first-order chi connectivity index (χ1) is 10.6. The minimum absolute atomic E-state index is 0.0945. The molecule has 0 bridgehead atoms. The van der Waals surface area contributed by atoms with E-state index in [2.05, 4.69) is 23.1 Å². The van der Waals surface area contributed by atoms with Crippen LogP contribution in [0.5, 0.6) is 0 Å². The summed E-state index contributed by atoms with van der Waals surface area (Å²) in [6.45, 7) is 5.56. The fourth-order valence-electron chi connectivity index (χ4n) is 3.31. The van der Waals surface area contributed by atoms with Crippen molar-refractivity contribution in [1.29, 1.82) is 0 Å². The molecule has 0 aliphatic carbocycles. The molecule has 0 unspecified atom stereocenters. The summed E-state index contributed by atoms with van der Waals surface area (Å²) in [7, 11) is 0. The van der Waals surface area contributed by atoms with Gasteiger partial charge in [0.2, 0.25) is 11.8 Å². The number of piperazine rings is 1. The number of aryl methyl sites for hydroxylation is 1. The summed E-state index contributed by atoms with van der Waals surface area (Å²) in [4.78, 5) is 29.8. The summed E-state index contributed by atoms with van der Waals surface area (Å²) in [5.74, 6) is 0.261. The highest BCUT2D eigenvalue weighted by Gasteiger charge is 2.25. The quantitative estimate of drug-likeness (QED) is 0.822. The van der Waals surface area contributed by atoms with Crippen molar-refractivity contribution in [2.24, 2.45) is 0 Å². The molecule has 0 aromatic heterocycles. The number of fused-ring (bicyclic) bond motifs is 1. The van der Waals surface area contributed by atoms with E-state index < -0.39 is 0 Å². The fraction of sp³-hybridized carbons (Fsp3) is 0.529. The lowest BCUT2D eigenvalue weighted by Gasteiger charge is -2.37. The van der Waals surface area contributed by atoms with Crippen LogP contribution in [0.3, 0.4) is 0 Å². The molecule has 2 amide bonds. The molecule has 1 saturated heterocycles. The highest BCUT2D eigenvalue weighted by Crippen LogP contribution is 2.26. The zero-order valence-electron chi connectivity index (χ0n) is 13.1. The Bertz CT molecular complexity index is 565. The Kier molecular flexibility index (Phi) is 4.32. The van der Waals surface area contributed by atoms with Gasteiger partial charge in [-0.15, -0.1) is 0 Å². The number of hydrogen-bond donors (Lipinski definition) is 0. The summed E-state index contributed by atoms with van der Waals surface area (Å²) >= 11 is 0. The van der Waals surface area contributed by atoms with E-state index in [4.69, 9.17) is 0 Å². The van der Waals surface area contributed by atoms with Crippen LogP contribution in [0.2, 0.25) is 0 Å². The maximum Gasteiger partial charge on any atom is 0.242 e. The van der Waals surface area contributed by atoms with E-state index in [0.717, 1.165) is 19.4 Å². The number of benzene rings is 1. The van der Waals surface area contributed by atoms with Gasteiger partial charge in [0.1, 0.15) is 0 Å². The van der Waals surface area contributed by atoms with Crippen LogP contribution >= 0.6 is 0 Å². The second kappa shape index (κ2) is 6.38. The lowest BCUT2D eigenvalue weighted by atomic mass is 10.0. The number of para-hydroxylation sites is 1. The van der Waals surface area contributed by atoms with Crippen molar-refractivity contribution >= 4 is 17.5 Å². The van der Waals surface area contributed by atoms with Crippen LogP contribution in [0.15, 0.2) is 24.3 Å². The molecule has 5 nitrogen and oxygen atoms in total. The molecule has 1 aromatic carbocycles. The molecule has 118 valence electrons. The number of carbonyl (C=O) groups excluding carboxylic acids is 2. The Morgan fingerprint density at radius 3 is 2.41 bits per heavy atom. The largest absolute Gasteiger partial charge is 0.362 e. The van der Waals surface area contributed by atoms with Crippen LogP contribution < -0.4 is 4.90 Å². The fourth-order valence-corrected chi connectivity index (χ4v) is 3.31. The summed E-state index contributed by atoms with van der Waals surface area (Å²) in [5.41, 5.74) is 2.53. The number of anilines is 1. The molecule has 0 spiro atoms. The zero-order chi connectivity index (χ0) is 15.5. The Morgan fingerprint density at radius 1 is 1.00 bits per heavy atom. The first kappa shape index (κ1) is 14.9. The van der Waals surface area contributed by atoms with Crippen molar-refractivity contribution in [2.45, 2.75) is 19.8 Å². The molecule has 22 heavy (non-hydrogen) atoms. The monoisotopic (exact) mass is 301 g/mol. The van der Waals surface area contributed by atoms with Crippen molar-refractivity contribution < 1.29 is 9.59 Å². The number of nitrogens with zero attached hydrogens (tertiary/aromatic N) is 3. The van der Waals surface area contributed by atoms with Gasteiger partial charge in [0.05, 0.1) is 6.54 Å². The zero-order valence-corrected chi connectivity index (χ0v) is 13.1. The van der Waals surface area contributed by atoms with Gasteiger partial charge < -0.3 is 14.7 Å². The van der Waals surface area contributed by atoms with Crippen molar-refractivity contribution in [2.75, 3.05) is 44.2 Å². The first-order valence-corrected chi connectivity index (χ1v) is 8.01. The summed E-state index contributed by atoms with van der Waals surface area (Å²) < 4.78 is 0. The van der Waals surface area contributed by atoms with Gasteiger partial charge in [0, 0.05) is 45.3 Å². The van der Waals surface area contributed by atoms with E-state index in [0.29, 0.717) is 32.7 Å². The third kappa shape index (κ3) is 3.08. The van der Waals surface area contributed by atoms with E-state index in [9.17, 15) is 9.59 Å². The van der Waals surface area contributed by atoms with Crippen LogP contribution in [-0.2, 0) is 16.0 Å². The van der Waals surface area contributed by atoms with Crippen LogP contribution in [-0.4, -0.2) is 60.9 Å². The minimum Gasteiger partial charge on any atom is -0.362 e. The topological polar surface area (TPSA) is 43.9 Å². The Balaban J connectivity index is 1.60. The van der Waals surface area contributed by atoms with Gasteiger partial charge >= 0.3 is 0 Å². The average Bonchev–Trinajstić information content (AvgIpc) is 2.55. The predicted octanol–water partition coefficient (Wildman–Crippen LogP) is 1.13. The normalized spacial score (nSPS) is 18.1. The van der Waals surface area contributed by atoms with Gasteiger partial charge in [0.25, 0.3) is 0 Å². The molecule has 0 radical (unpaired) electrons. The molecule has 2 heterocycles. The van der Waals surface area contributed by atoms with Crippen molar-refractivity contribution in [3.05, 3.63) is 29.8 Å². The van der Waals surface area contributed by atoms with E-state index in [-0.39, 0.29) is 11.8 Å². The van der Waals surface area contributed by atoms with Crippen LogP contribution in [0.1, 0.15) is 18.9 Å². The summed E-state index contributed by atoms with van der Waals surface area (Å²) in [6, 6.07) is 8.35. The van der Waals surface area contributed by atoms with E-state index in [1.807, 2.05) is 11.0 Å². The third-order valence-corrected chi connectivity index (χ3v) is 4.61. The second-order valence-corrected chi connectivity index (χ2v) is 6.04. The standard InChI is InChI=1S/C17H23N3O2/c1-14(21)18-9-11-19(12-10-18)17(22)13-20-8-4-6-15-5-2-3-7-16(15)20/h2-3,5,7H,4,6,8-13H2,1H3. The SMILES string of the molecule is CC(=O)N1CCN(C(=O)CN2CCCc3ccccc32)CC1. The number of rotatable bonds is 2. The minimum atomic E-state index is 0.0945. The number of hydrogen-bond acceptors (Lipinski definition) is 3. The van der Waals surface area contributed by atoms with Gasteiger partial charge in [-0.3, -0.25) is 9.59 Å². The summed E-state index contributed by atoms with van der Waals surface area (Å²) in [6.07, 6.45) is 2.19. The molecule has 2 aliphatic rings. The Morgan fingerprint density at radius 2 is 1.68 bits per heavy atom. The maximum absolute atomic E-state index is 12.5. The Hall–Kier alpha value is -2.04. The van der Waals surface area contributed by atoms with Gasteiger partial charge in [-0.2, -0.15) is 0 Å². The molecular weight excluding hydrogens is 278 g/mol. The molecule has 5 heteroatoms. The van der Waals surface area contributed by atoms with Crippen LogP contribution in [0.4, 0.5) is 5.69 Å². The lowest BCUT2D eigenvalue weighted by Crippen LogP contribution is -2.52. The smallest absolute Gasteiger partial charge is 0.242 e. The van der Waals surface area contributed by atoms with Crippen LogP contribution in [0.25, 0.3) is 0 Å². The summed E-state index contributed by atoms with van der Waals surface area (Å²) in [5, 5.41) is 0. The van der Waals surface area contributed by atoms with Crippen molar-refractivity contribution in [1.82, 2.24) is 9.80 Å². The highest BCUT2D eigenvalue weighted by atomic mass is 16.2. The highest BCUT2D eigenvalue weighted by molar-refractivity contribution is 5.82. The first-order valence-electron chi connectivity index (χ1n) is 8.01. The van der Waals surface area contributed by atoms with Gasteiger partial charge in [-0.1, -0.05) is 18.2 Å². The lowest BCUT2D eigenvalue weighted by molar-refractivity contribution is -0.137. The average molecular weight is 301 g/mol. The maximum atomic E-state index is 12.5. The second-order valence-electron chi connectivity index (χ2n) is 6.04. The third-order valence-electron chi connectivity index (χ3n) is 4.61. The molecule has 2 aliphatic heterocycles.